The van der Waals surface area contributed by atoms with Crippen molar-refractivity contribution in [2.45, 2.75) is 37.9 Å². The fourth-order valence-corrected chi connectivity index (χ4v) is 3.35. The normalized spacial score (nSPS) is 13.6. The lowest BCUT2D eigenvalue weighted by Gasteiger charge is -2.14. The molecule has 8 nitrogen and oxygen atoms in total. The van der Waals surface area contributed by atoms with Gasteiger partial charge in [-0.05, 0) is 13.3 Å². The minimum Gasteiger partial charge on any atom is -0.392 e. The van der Waals surface area contributed by atoms with Crippen molar-refractivity contribution >= 4 is 10.0 Å². The second kappa shape index (κ2) is 5.73. The lowest BCUT2D eigenvalue weighted by atomic mass is 10.2. The van der Waals surface area contributed by atoms with Gasteiger partial charge in [-0.15, -0.1) is 0 Å². The minimum atomic E-state index is -3.83. The summed E-state index contributed by atoms with van der Waals surface area (Å²) in [5, 5.41) is 15.4. The van der Waals surface area contributed by atoms with Crippen molar-refractivity contribution in [2.24, 2.45) is 0 Å². The van der Waals surface area contributed by atoms with Crippen LogP contribution in [0.3, 0.4) is 0 Å². The monoisotopic (exact) mass is 299 g/mol. The van der Waals surface area contributed by atoms with Crippen LogP contribution in [0.2, 0.25) is 0 Å². The van der Waals surface area contributed by atoms with E-state index in [9.17, 15) is 13.5 Å². The molecule has 110 valence electrons. The molecule has 9 heteroatoms. The van der Waals surface area contributed by atoms with Crippen LogP contribution < -0.4 is 4.72 Å². The number of rotatable bonds is 6. The first-order chi connectivity index (χ1) is 9.49. The summed E-state index contributed by atoms with van der Waals surface area (Å²) in [6.45, 7) is 3.11. The highest BCUT2D eigenvalue weighted by Gasteiger charge is 2.27. The number of H-pyrrole nitrogens is 2. The molecule has 0 amide bonds. The Hall–Kier alpha value is -1.71. The first kappa shape index (κ1) is 14.7. The number of imidazole rings is 1. The van der Waals surface area contributed by atoms with E-state index < -0.39 is 22.7 Å². The Morgan fingerprint density at radius 3 is 2.80 bits per heavy atom. The van der Waals surface area contributed by atoms with Crippen LogP contribution in [0.5, 0.6) is 0 Å². The summed E-state index contributed by atoms with van der Waals surface area (Å²) >= 11 is 0. The number of nitrogens with zero attached hydrogens (tertiary/aromatic N) is 2. The zero-order chi connectivity index (χ0) is 14.8. The van der Waals surface area contributed by atoms with E-state index >= 15 is 0 Å². The predicted molar refractivity (Wildman–Crippen MR) is 71.2 cm³/mol. The molecule has 1 unspecified atom stereocenters. The van der Waals surface area contributed by atoms with E-state index in [0.717, 1.165) is 0 Å². The van der Waals surface area contributed by atoms with E-state index in [1.165, 1.54) is 0 Å². The topological polar surface area (TPSA) is 124 Å². The van der Waals surface area contributed by atoms with Gasteiger partial charge >= 0.3 is 0 Å². The van der Waals surface area contributed by atoms with E-state index in [2.05, 4.69) is 24.9 Å². The Labute approximate surface area is 116 Å². The third-order valence-corrected chi connectivity index (χ3v) is 4.45. The first-order valence-electron chi connectivity index (χ1n) is 6.16. The molecular formula is C11H17N5O3S. The number of aromatic amines is 2. The van der Waals surface area contributed by atoms with Gasteiger partial charge in [0.2, 0.25) is 0 Å². The number of aliphatic hydroxyl groups is 1. The highest BCUT2D eigenvalue weighted by molar-refractivity contribution is 7.89. The predicted octanol–water partition coefficient (Wildman–Crippen LogP) is 0.363. The van der Waals surface area contributed by atoms with Gasteiger partial charge < -0.3 is 10.1 Å². The van der Waals surface area contributed by atoms with Crippen molar-refractivity contribution in [2.75, 3.05) is 0 Å². The van der Waals surface area contributed by atoms with E-state index in [0.29, 0.717) is 17.9 Å². The summed E-state index contributed by atoms with van der Waals surface area (Å²) < 4.78 is 27.2. The molecule has 2 rings (SSSR count). The zero-order valence-corrected chi connectivity index (χ0v) is 12.0. The standard InChI is InChI=1S/C11H17N5O3S/c1-3-9(10-12-4-5-13-10)16-20(18,19)11-8(6-17)7(2)14-15-11/h4-5,9,16-17H,3,6H2,1-2H3,(H,12,13)(H,14,15). The molecule has 0 aliphatic heterocycles. The first-order valence-corrected chi connectivity index (χ1v) is 7.64. The maximum Gasteiger partial charge on any atom is 0.260 e. The number of aliphatic hydroxyl groups excluding tert-OH is 1. The quantitative estimate of drug-likeness (QED) is 0.613. The summed E-state index contributed by atoms with van der Waals surface area (Å²) in [5.74, 6) is 0.536. The highest BCUT2D eigenvalue weighted by Crippen LogP contribution is 2.20. The van der Waals surface area contributed by atoms with Crippen LogP contribution in [-0.4, -0.2) is 33.7 Å². The number of hydrogen-bond donors (Lipinski definition) is 4. The summed E-state index contributed by atoms with van der Waals surface area (Å²) in [4.78, 5) is 6.93. The summed E-state index contributed by atoms with van der Waals surface area (Å²) in [5.41, 5.74) is 0.797. The van der Waals surface area contributed by atoms with Crippen molar-refractivity contribution in [3.63, 3.8) is 0 Å². The Bertz CT molecular complexity index is 662. The third kappa shape index (κ3) is 2.74. The fourth-order valence-electron chi connectivity index (χ4n) is 1.88. The fraction of sp³-hybridized carbons (Fsp3) is 0.455. The molecule has 4 N–H and O–H groups in total. The van der Waals surface area contributed by atoms with Gasteiger partial charge in [-0.2, -0.15) is 9.82 Å². The van der Waals surface area contributed by atoms with Gasteiger partial charge in [0.1, 0.15) is 5.82 Å². The van der Waals surface area contributed by atoms with Gasteiger partial charge in [0.05, 0.1) is 12.6 Å². The Morgan fingerprint density at radius 1 is 1.50 bits per heavy atom. The average Bonchev–Trinajstić information content (AvgIpc) is 3.05. The molecule has 2 heterocycles. The lowest BCUT2D eigenvalue weighted by molar-refractivity contribution is 0.277. The molecule has 1 atom stereocenters. The Kier molecular flexibility index (Phi) is 4.21. The van der Waals surface area contributed by atoms with Gasteiger partial charge in [0.25, 0.3) is 10.0 Å². The highest BCUT2D eigenvalue weighted by atomic mass is 32.2. The van der Waals surface area contributed by atoms with Crippen molar-refractivity contribution < 1.29 is 13.5 Å². The SMILES string of the molecule is CCC(NS(=O)(=O)c1n[nH]c(C)c1CO)c1ncc[nH]1. The Balaban J connectivity index is 2.31. The zero-order valence-electron chi connectivity index (χ0n) is 11.2. The smallest absolute Gasteiger partial charge is 0.260 e. The third-order valence-electron chi connectivity index (χ3n) is 3.00. The summed E-state index contributed by atoms with van der Waals surface area (Å²) in [7, 11) is -3.83. The number of hydrogen-bond acceptors (Lipinski definition) is 5. The maximum absolute atomic E-state index is 12.3. The number of aryl methyl sites for hydroxylation is 1. The van der Waals surface area contributed by atoms with Crippen molar-refractivity contribution in [1.29, 1.82) is 0 Å². The number of nitrogens with one attached hydrogen (secondary N) is 3. The van der Waals surface area contributed by atoms with Crippen LogP contribution in [0.25, 0.3) is 0 Å². The lowest BCUT2D eigenvalue weighted by Crippen LogP contribution is -2.30. The molecule has 0 aliphatic rings. The van der Waals surface area contributed by atoms with E-state index in [-0.39, 0.29) is 10.6 Å². The van der Waals surface area contributed by atoms with Crippen LogP contribution in [0.15, 0.2) is 17.4 Å². The van der Waals surface area contributed by atoms with Crippen molar-refractivity contribution in [1.82, 2.24) is 24.9 Å². The molecular weight excluding hydrogens is 282 g/mol. The van der Waals surface area contributed by atoms with Crippen LogP contribution in [0.1, 0.15) is 36.5 Å². The average molecular weight is 299 g/mol. The Morgan fingerprint density at radius 2 is 2.25 bits per heavy atom. The second-order valence-corrected chi connectivity index (χ2v) is 5.98. The van der Waals surface area contributed by atoms with E-state index in [1.54, 1.807) is 19.3 Å². The molecule has 0 aromatic carbocycles. The summed E-state index contributed by atoms with van der Waals surface area (Å²) in [6.07, 6.45) is 3.72. The molecule has 0 aliphatic carbocycles. The van der Waals surface area contributed by atoms with Crippen molar-refractivity contribution in [3.8, 4) is 0 Å². The largest absolute Gasteiger partial charge is 0.392 e. The van der Waals surface area contributed by atoms with Gasteiger partial charge in [-0.3, -0.25) is 5.10 Å². The molecule has 0 fully saturated rings. The van der Waals surface area contributed by atoms with Crippen molar-refractivity contribution in [3.05, 3.63) is 29.5 Å². The molecule has 0 radical (unpaired) electrons. The molecule has 20 heavy (non-hydrogen) atoms. The van der Waals surface area contributed by atoms with E-state index in [1.807, 2.05) is 6.92 Å². The molecule has 0 saturated carbocycles. The molecule has 0 bridgehead atoms. The van der Waals surface area contributed by atoms with Gasteiger partial charge in [0, 0.05) is 23.7 Å². The maximum atomic E-state index is 12.3. The summed E-state index contributed by atoms with van der Waals surface area (Å²) in [6, 6.07) is -0.474. The van der Waals surface area contributed by atoms with Gasteiger partial charge in [0.15, 0.2) is 5.03 Å². The van der Waals surface area contributed by atoms with Crippen LogP contribution in [-0.2, 0) is 16.6 Å². The van der Waals surface area contributed by atoms with Crippen LogP contribution >= 0.6 is 0 Å². The van der Waals surface area contributed by atoms with Crippen LogP contribution in [0.4, 0.5) is 0 Å². The minimum absolute atomic E-state index is 0.178. The molecule has 2 aromatic heterocycles. The molecule has 0 saturated heterocycles. The number of sulfonamides is 1. The van der Waals surface area contributed by atoms with E-state index in [4.69, 9.17) is 0 Å². The molecule has 2 aromatic rings. The van der Waals surface area contributed by atoms with Crippen LogP contribution in [0, 0.1) is 6.92 Å². The molecule has 0 spiro atoms. The van der Waals surface area contributed by atoms with Gasteiger partial charge in [-0.1, -0.05) is 6.92 Å². The van der Waals surface area contributed by atoms with Gasteiger partial charge in [-0.25, -0.2) is 13.4 Å². The second-order valence-electron chi connectivity index (χ2n) is 4.35. The number of aromatic nitrogens is 4.